The summed E-state index contributed by atoms with van der Waals surface area (Å²) in [5.41, 5.74) is 0. The summed E-state index contributed by atoms with van der Waals surface area (Å²) >= 11 is 0. The SMILES string of the molecule is C#CCCCC(O)C=C.C#CCCC[C@@H](C)C=C. The predicted octanol–water partition coefficient (Wildman–Crippen LogP) is 3.95. The molecule has 0 aromatic heterocycles. The van der Waals surface area contributed by atoms with Gasteiger partial charge in [0, 0.05) is 12.8 Å². The van der Waals surface area contributed by atoms with Gasteiger partial charge in [0.05, 0.1) is 6.10 Å². The fourth-order valence-corrected chi connectivity index (χ4v) is 1.18. The number of rotatable bonds is 8. The lowest BCUT2D eigenvalue weighted by Crippen LogP contribution is -1.99. The van der Waals surface area contributed by atoms with Crippen LogP contribution in [0.1, 0.15) is 45.4 Å². The largest absolute Gasteiger partial charge is 0.389 e. The molecule has 0 aromatic rings. The lowest BCUT2D eigenvalue weighted by molar-refractivity contribution is 0.210. The van der Waals surface area contributed by atoms with Crippen LogP contribution in [0.5, 0.6) is 0 Å². The van der Waals surface area contributed by atoms with Crippen LogP contribution in [0.25, 0.3) is 0 Å². The molecule has 1 unspecified atom stereocenters. The van der Waals surface area contributed by atoms with Gasteiger partial charge in [-0.25, -0.2) is 0 Å². The molecule has 1 N–H and O–H groups in total. The molecule has 0 amide bonds. The van der Waals surface area contributed by atoms with Crippen molar-refractivity contribution >= 4 is 0 Å². The van der Waals surface area contributed by atoms with Gasteiger partial charge >= 0.3 is 0 Å². The minimum Gasteiger partial charge on any atom is -0.389 e. The van der Waals surface area contributed by atoms with Crippen molar-refractivity contribution in [1.29, 1.82) is 0 Å². The second-order valence-electron chi connectivity index (χ2n) is 4.21. The molecule has 0 aliphatic heterocycles. The van der Waals surface area contributed by atoms with E-state index in [9.17, 15) is 0 Å². The zero-order valence-corrected chi connectivity index (χ0v) is 11.6. The van der Waals surface area contributed by atoms with E-state index in [4.69, 9.17) is 18.0 Å². The van der Waals surface area contributed by atoms with Crippen LogP contribution in [-0.4, -0.2) is 11.2 Å². The maximum atomic E-state index is 8.90. The van der Waals surface area contributed by atoms with Crippen molar-refractivity contribution in [1.82, 2.24) is 0 Å². The molecule has 0 bridgehead atoms. The Bertz CT molecular complexity index is 247. The third-order valence-corrected chi connectivity index (χ3v) is 2.48. The van der Waals surface area contributed by atoms with Crippen LogP contribution < -0.4 is 0 Å². The summed E-state index contributed by atoms with van der Waals surface area (Å²) in [6.45, 7) is 9.28. The first-order valence-electron chi connectivity index (χ1n) is 6.42. The molecule has 0 aliphatic carbocycles. The Balaban J connectivity index is 0. The van der Waals surface area contributed by atoms with Crippen LogP contribution in [0, 0.1) is 30.6 Å². The Labute approximate surface area is 113 Å². The topological polar surface area (TPSA) is 20.2 Å². The summed E-state index contributed by atoms with van der Waals surface area (Å²) in [6.07, 6.45) is 18.7. The third kappa shape index (κ3) is 17.0. The number of unbranched alkanes of at least 4 members (excludes halogenated alkanes) is 2. The smallest absolute Gasteiger partial charge is 0.0718 e. The van der Waals surface area contributed by atoms with Crippen LogP contribution in [0.15, 0.2) is 25.3 Å². The monoisotopic (exact) mass is 246 g/mol. The molecular weight excluding hydrogens is 220 g/mol. The van der Waals surface area contributed by atoms with Gasteiger partial charge in [0.2, 0.25) is 0 Å². The molecule has 0 fully saturated rings. The molecule has 18 heavy (non-hydrogen) atoms. The van der Waals surface area contributed by atoms with E-state index >= 15 is 0 Å². The highest BCUT2D eigenvalue weighted by atomic mass is 16.3. The molecule has 0 heterocycles. The van der Waals surface area contributed by atoms with E-state index in [1.165, 1.54) is 12.5 Å². The van der Waals surface area contributed by atoms with Gasteiger partial charge in [0.25, 0.3) is 0 Å². The highest BCUT2D eigenvalue weighted by Crippen LogP contribution is 2.06. The van der Waals surface area contributed by atoms with Gasteiger partial charge in [-0.15, -0.1) is 37.8 Å². The number of hydrogen-bond donors (Lipinski definition) is 1. The first-order chi connectivity index (χ1) is 8.62. The van der Waals surface area contributed by atoms with Crippen LogP contribution in [-0.2, 0) is 0 Å². The minimum absolute atomic E-state index is 0.377. The average molecular weight is 246 g/mol. The van der Waals surface area contributed by atoms with Crippen LogP contribution in [0.2, 0.25) is 0 Å². The highest BCUT2D eigenvalue weighted by molar-refractivity contribution is 4.85. The van der Waals surface area contributed by atoms with Crippen LogP contribution >= 0.6 is 0 Å². The summed E-state index contributed by atoms with van der Waals surface area (Å²) < 4.78 is 0. The molecule has 1 heteroatoms. The van der Waals surface area contributed by atoms with Gasteiger partial charge < -0.3 is 5.11 Å². The average Bonchev–Trinajstić information content (AvgIpc) is 2.39. The first kappa shape index (κ1) is 18.9. The summed E-state index contributed by atoms with van der Waals surface area (Å²) in [6, 6.07) is 0. The first-order valence-corrected chi connectivity index (χ1v) is 6.42. The lowest BCUT2D eigenvalue weighted by atomic mass is 10.1. The van der Waals surface area contributed by atoms with Crippen LogP contribution in [0.3, 0.4) is 0 Å². The van der Waals surface area contributed by atoms with Crippen molar-refractivity contribution in [2.45, 2.75) is 51.6 Å². The second-order valence-corrected chi connectivity index (χ2v) is 4.21. The highest BCUT2D eigenvalue weighted by Gasteiger charge is 1.94. The summed E-state index contributed by atoms with van der Waals surface area (Å²) in [5.74, 6) is 5.74. The minimum atomic E-state index is -0.377. The quantitative estimate of drug-likeness (QED) is 0.390. The standard InChI is InChI=1S/C9H14.C8H12O/c1-4-6-7-8-9(3)5-2;1-3-5-6-7-8(9)4-2/h1,5,9H,2,6-8H2,3H3;1,4,8-9H,2,5-7H2/t9-;/m0./s1. The fraction of sp³-hybridized carbons (Fsp3) is 0.529. The van der Waals surface area contributed by atoms with E-state index in [-0.39, 0.29) is 6.10 Å². The Morgan fingerprint density at radius 1 is 1.06 bits per heavy atom. The van der Waals surface area contributed by atoms with E-state index in [1.807, 2.05) is 6.08 Å². The zero-order valence-electron chi connectivity index (χ0n) is 11.6. The van der Waals surface area contributed by atoms with E-state index < -0.39 is 0 Å². The number of terminal acetylenes is 2. The van der Waals surface area contributed by atoms with Crippen molar-refractivity contribution in [2.75, 3.05) is 0 Å². The Hall–Kier alpha value is -1.44. The van der Waals surface area contributed by atoms with E-state index in [0.717, 1.165) is 32.1 Å². The zero-order chi connectivity index (χ0) is 14.2. The van der Waals surface area contributed by atoms with Gasteiger partial charge in [-0.2, -0.15) is 0 Å². The van der Waals surface area contributed by atoms with Gasteiger partial charge in [-0.1, -0.05) is 19.1 Å². The molecule has 0 saturated carbocycles. The molecule has 100 valence electrons. The molecule has 0 saturated heterocycles. The number of aliphatic hydroxyl groups excluding tert-OH is 1. The van der Waals surface area contributed by atoms with Crippen molar-refractivity contribution in [3.05, 3.63) is 25.3 Å². The van der Waals surface area contributed by atoms with Crippen molar-refractivity contribution < 1.29 is 5.11 Å². The molecule has 0 spiro atoms. The normalized spacial score (nSPS) is 12.0. The second kappa shape index (κ2) is 15.6. The molecular formula is C17H26O. The number of hydrogen-bond acceptors (Lipinski definition) is 1. The van der Waals surface area contributed by atoms with E-state index in [0.29, 0.717) is 5.92 Å². The van der Waals surface area contributed by atoms with Crippen molar-refractivity contribution in [3.8, 4) is 24.7 Å². The molecule has 0 aromatic carbocycles. The van der Waals surface area contributed by atoms with Gasteiger partial charge in [0.1, 0.15) is 0 Å². The Kier molecular flexibility index (Phi) is 16.3. The van der Waals surface area contributed by atoms with E-state index in [2.05, 4.69) is 31.9 Å². The predicted molar refractivity (Wildman–Crippen MR) is 80.9 cm³/mol. The number of allylic oxidation sites excluding steroid dienone is 1. The van der Waals surface area contributed by atoms with Crippen molar-refractivity contribution in [3.63, 3.8) is 0 Å². The summed E-state index contributed by atoms with van der Waals surface area (Å²) in [7, 11) is 0. The lowest BCUT2D eigenvalue weighted by Gasteiger charge is -2.00. The van der Waals surface area contributed by atoms with Gasteiger partial charge in [0.15, 0.2) is 0 Å². The Morgan fingerprint density at radius 3 is 1.94 bits per heavy atom. The number of aliphatic hydroxyl groups is 1. The molecule has 0 rings (SSSR count). The summed E-state index contributed by atoms with van der Waals surface area (Å²) in [5, 5.41) is 8.90. The third-order valence-electron chi connectivity index (χ3n) is 2.48. The van der Waals surface area contributed by atoms with Crippen molar-refractivity contribution in [2.24, 2.45) is 5.92 Å². The van der Waals surface area contributed by atoms with Gasteiger partial charge in [-0.3, -0.25) is 0 Å². The molecule has 2 atom stereocenters. The van der Waals surface area contributed by atoms with Gasteiger partial charge in [-0.05, 0) is 31.6 Å². The molecule has 0 aliphatic rings. The van der Waals surface area contributed by atoms with E-state index in [1.54, 1.807) is 0 Å². The molecule has 1 nitrogen and oxygen atoms in total. The Morgan fingerprint density at radius 2 is 1.56 bits per heavy atom. The van der Waals surface area contributed by atoms with Crippen LogP contribution in [0.4, 0.5) is 0 Å². The summed E-state index contributed by atoms with van der Waals surface area (Å²) in [4.78, 5) is 0. The maximum Gasteiger partial charge on any atom is 0.0718 e. The molecule has 0 radical (unpaired) electrons. The fourth-order valence-electron chi connectivity index (χ4n) is 1.18. The maximum absolute atomic E-state index is 8.90.